The van der Waals surface area contributed by atoms with E-state index in [1.165, 1.54) is 10.4 Å². The molecule has 1 N–H and O–H groups in total. The van der Waals surface area contributed by atoms with E-state index in [-0.39, 0.29) is 10.8 Å². The highest BCUT2D eigenvalue weighted by molar-refractivity contribution is 7.92. The SMILES string of the molecule is CC(C)N(CCNC(=O)c1cccc(S(=O)(=O)N2CCCc3ccccc32)c1)C(C)C. The number of carbonyl (C=O) groups is 1. The summed E-state index contributed by atoms with van der Waals surface area (Å²) < 4.78 is 28.2. The minimum Gasteiger partial charge on any atom is -0.351 e. The van der Waals surface area contributed by atoms with Crippen LogP contribution in [0.1, 0.15) is 50.0 Å². The molecule has 1 aliphatic rings. The second-order valence-corrected chi connectivity index (χ2v) is 10.4. The molecule has 168 valence electrons. The molecule has 6 nitrogen and oxygen atoms in total. The van der Waals surface area contributed by atoms with Gasteiger partial charge in [-0.25, -0.2) is 8.42 Å². The Morgan fingerprint density at radius 1 is 1.06 bits per heavy atom. The zero-order chi connectivity index (χ0) is 22.6. The molecule has 7 heteroatoms. The Morgan fingerprint density at radius 3 is 2.48 bits per heavy atom. The van der Waals surface area contributed by atoms with Crippen molar-refractivity contribution in [3.63, 3.8) is 0 Å². The molecule has 0 radical (unpaired) electrons. The van der Waals surface area contributed by atoms with Crippen LogP contribution < -0.4 is 9.62 Å². The molecule has 0 saturated carbocycles. The monoisotopic (exact) mass is 443 g/mol. The van der Waals surface area contributed by atoms with Crippen LogP contribution in [0.3, 0.4) is 0 Å². The van der Waals surface area contributed by atoms with Gasteiger partial charge >= 0.3 is 0 Å². The van der Waals surface area contributed by atoms with E-state index in [1.807, 2.05) is 24.3 Å². The Hall–Kier alpha value is -2.38. The number of rotatable bonds is 8. The van der Waals surface area contributed by atoms with Crippen LogP contribution in [-0.4, -0.2) is 50.9 Å². The van der Waals surface area contributed by atoms with Gasteiger partial charge in [0, 0.05) is 37.3 Å². The third-order valence-electron chi connectivity index (χ3n) is 5.73. The minimum absolute atomic E-state index is 0.142. The molecule has 0 saturated heterocycles. The second-order valence-electron chi connectivity index (χ2n) is 8.52. The Morgan fingerprint density at radius 2 is 1.77 bits per heavy atom. The number of aryl methyl sites for hydroxylation is 1. The number of fused-ring (bicyclic) bond motifs is 1. The first-order valence-electron chi connectivity index (χ1n) is 11.0. The number of hydrogen-bond acceptors (Lipinski definition) is 4. The molecular formula is C24H33N3O3S. The molecule has 1 heterocycles. The lowest BCUT2D eigenvalue weighted by molar-refractivity contribution is 0.0939. The van der Waals surface area contributed by atoms with Crippen molar-refractivity contribution < 1.29 is 13.2 Å². The Balaban J connectivity index is 1.75. The first-order chi connectivity index (χ1) is 14.7. The minimum atomic E-state index is -3.74. The normalized spacial score (nSPS) is 14.2. The van der Waals surface area contributed by atoms with E-state index in [0.717, 1.165) is 30.6 Å². The van der Waals surface area contributed by atoms with Crippen molar-refractivity contribution >= 4 is 21.6 Å². The largest absolute Gasteiger partial charge is 0.351 e. The van der Waals surface area contributed by atoms with Crippen molar-refractivity contribution in [1.82, 2.24) is 10.2 Å². The molecule has 0 spiro atoms. The van der Waals surface area contributed by atoms with Crippen LogP contribution in [0.2, 0.25) is 0 Å². The summed E-state index contributed by atoms with van der Waals surface area (Å²) in [5, 5.41) is 2.92. The van der Waals surface area contributed by atoms with E-state index in [2.05, 4.69) is 37.9 Å². The fourth-order valence-corrected chi connectivity index (χ4v) is 5.77. The average Bonchev–Trinajstić information content (AvgIpc) is 2.75. The van der Waals surface area contributed by atoms with Gasteiger partial charge in [0.25, 0.3) is 15.9 Å². The topological polar surface area (TPSA) is 69.7 Å². The Labute approximate surface area is 186 Å². The zero-order valence-corrected chi connectivity index (χ0v) is 19.7. The molecule has 0 atom stereocenters. The van der Waals surface area contributed by atoms with Crippen molar-refractivity contribution in [1.29, 1.82) is 0 Å². The van der Waals surface area contributed by atoms with E-state index in [4.69, 9.17) is 0 Å². The molecule has 2 aromatic rings. The van der Waals surface area contributed by atoms with Crippen LogP contribution in [-0.2, 0) is 16.4 Å². The van der Waals surface area contributed by atoms with Gasteiger partial charge in [0.15, 0.2) is 0 Å². The molecule has 31 heavy (non-hydrogen) atoms. The van der Waals surface area contributed by atoms with Gasteiger partial charge in [0.1, 0.15) is 0 Å². The third-order valence-corrected chi connectivity index (χ3v) is 7.54. The fraction of sp³-hybridized carbons (Fsp3) is 0.458. The maximum Gasteiger partial charge on any atom is 0.264 e. The number of para-hydroxylation sites is 1. The van der Waals surface area contributed by atoms with Crippen LogP contribution in [0, 0.1) is 0 Å². The maximum absolute atomic E-state index is 13.4. The summed E-state index contributed by atoms with van der Waals surface area (Å²) in [6.07, 6.45) is 1.65. The lowest BCUT2D eigenvalue weighted by Gasteiger charge is -2.30. The van der Waals surface area contributed by atoms with Crippen molar-refractivity contribution in [3.05, 3.63) is 59.7 Å². The van der Waals surface area contributed by atoms with E-state index >= 15 is 0 Å². The molecule has 0 aliphatic carbocycles. The Bertz CT molecular complexity index is 1010. The number of sulfonamides is 1. The lowest BCUT2D eigenvalue weighted by atomic mass is 10.0. The van der Waals surface area contributed by atoms with Gasteiger partial charge in [0.05, 0.1) is 10.6 Å². The smallest absolute Gasteiger partial charge is 0.264 e. The van der Waals surface area contributed by atoms with Gasteiger partial charge in [-0.2, -0.15) is 0 Å². The highest BCUT2D eigenvalue weighted by Gasteiger charge is 2.29. The summed E-state index contributed by atoms with van der Waals surface area (Å²) >= 11 is 0. The number of anilines is 1. The van der Waals surface area contributed by atoms with E-state index < -0.39 is 10.0 Å². The van der Waals surface area contributed by atoms with Crippen LogP contribution in [0.5, 0.6) is 0 Å². The molecule has 2 aromatic carbocycles. The third kappa shape index (κ3) is 5.28. The predicted octanol–water partition coefficient (Wildman–Crippen LogP) is 3.68. The van der Waals surface area contributed by atoms with Gasteiger partial charge in [-0.1, -0.05) is 24.3 Å². The van der Waals surface area contributed by atoms with Crippen molar-refractivity contribution in [2.24, 2.45) is 0 Å². The van der Waals surface area contributed by atoms with Crippen LogP contribution in [0.15, 0.2) is 53.4 Å². The predicted molar refractivity (Wildman–Crippen MR) is 125 cm³/mol. The number of hydrogen-bond donors (Lipinski definition) is 1. The summed E-state index contributed by atoms with van der Waals surface area (Å²) in [4.78, 5) is 15.1. The van der Waals surface area contributed by atoms with E-state index in [0.29, 0.717) is 30.7 Å². The quantitative estimate of drug-likeness (QED) is 0.676. The zero-order valence-electron chi connectivity index (χ0n) is 18.8. The summed E-state index contributed by atoms with van der Waals surface area (Å²) in [6.45, 7) is 10.2. The van der Waals surface area contributed by atoms with Gasteiger partial charge in [-0.3, -0.25) is 14.0 Å². The first kappa shape index (κ1) is 23.3. The fourth-order valence-electron chi connectivity index (χ4n) is 4.19. The number of benzene rings is 2. The highest BCUT2D eigenvalue weighted by Crippen LogP contribution is 2.31. The summed E-state index contributed by atoms with van der Waals surface area (Å²) in [7, 11) is -3.74. The second kappa shape index (κ2) is 9.83. The molecule has 1 amide bonds. The van der Waals surface area contributed by atoms with Crippen LogP contribution >= 0.6 is 0 Å². The van der Waals surface area contributed by atoms with Gasteiger partial charge in [-0.05, 0) is 70.4 Å². The summed E-state index contributed by atoms with van der Waals surface area (Å²) in [5.41, 5.74) is 2.11. The standard InChI is InChI=1S/C24H33N3O3S/c1-18(2)26(19(3)4)16-14-25-24(28)21-10-7-12-22(17-21)31(29,30)27-15-8-11-20-9-5-6-13-23(20)27/h5-7,9-10,12-13,17-19H,8,11,14-16H2,1-4H3,(H,25,28). The maximum atomic E-state index is 13.4. The number of amides is 1. The first-order valence-corrected chi connectivity index (χ1v) is 12.4. The van der Waals surface area contributed by atoms with Crippen LogP contribution in [0.25, 0.3) is 0 Å². The molecule has 3 rings (SSSR count). The van der Waals surface area contributed by atoms with E-state index in [9.17, 15) is 13.2 Å². The summed E-state index contributed by atoms with van der Waals surface area (Å²) in [5.74, 6) is -0.261. The van der Waals surface area contributed by atoms with Crippen molar-refractivity contribution in [3.8, 4) is 0 Å². The molecule has 0 fully saturated rings. The highest BCUT2D eigenvalue weighted by atomic mass is 32.2. The van der Waals surface area contributed by atoms with Crippen LogP contribution in [0.4, 0.5) is 5.69 Å². The molecule has 0 unspecified atom stereocenters. The number of nitrogens with zero attached hydrogens (tertiary/aromatic N) is 2. The van der Waals surface area contributed by atoms with Gasteiger partial charge in [0.2, 0.25) is 0 Å². The van der Waals surface area contributed by atoms with Gasteiger partial charge in [-0.15, -0.1) is 0 Å². The Kier molecular flexibility index (Phi) is 7.38. The number of carbonyl (C=O) groups excluding carboxylic acids is 1. The molecule has 1 aliphatic heterocycles. The lowest BCUT2D eigenvalue weighted by Crippen LogP contribution is -2.42. The van der Waals surface area contributed by atoms with Gasteiger partial charge < -0.3 is 5.32 Å². The summed E-state index contributed by atoms with van der Waals surface area (Å²) in [6, 6.07) is 14.7. The molecule has 0 aromatic heterocycles. The molecule has 0 bridgehead atoms. The van der Waals surface area contributed by atoms with E-state index in [1.54, 1.807) is 18.2 Å². The van der Waals surface area contributed by atoms with Crippen molar-refractivity contribution in [2.75, 3.05) is 23.9 Å². The average molecular weight is 444 g/mol. The molecular weight excluding hydrogens is 410 g/mol. The van der Waals surface area contributed by atoms with Crippen molar-refractivity contribution in [2.45, 2.75) is 57.5 Å². The number of nitrogens with one attached hydrogen (secondary N) is 1.